The van der Waals surface area contributed by atoms with E-state index >= 15 is 0 Å². The molecule has 2 unspecified atom stereocenters. The molecule has 8 nitrogen and oxygen atoms in total. The lowest BCUT2D eigenvalue weighted by molar-refractivity contribution is -0.357. The Morgan fingerprint density at radius 2 is 1.79 bits per heavy atom. The third-order valence-corrected chi connectivity index (χ3v) is 7.19. The van der Waals surface area contributed by atoms with Gasteiger partial charge in [0.2, 0.25) is 5.91 Å². The SMILES string of the molecule is O=C(CO[C@H]1C[C@@H](OC(F)(F)F)C1)NC12CC(NC(=O)C3CC(O)c4cc(Cl)ccc4O3)(C1)C2. The second kappa shape index (κ2) is 8.25. The molecule has 3 N–H and O–H groups in total. The number of ether oxygens (including phenoxy) is 3. The first-order chi connectivity index (χ1) is 15.9. The topological polar surface area (TPSA) is 106 Å². The van der Waals surface area contributed by atoms with Gasteiger partial charge in [-0.3, -0.25) is 14.3 Å². The van der Waals surface area contributed by atoms with E-state index in [0.29, 0.717) is 35.6 Å². The van der Waals surface area contributed by atoms with Gasteiger partial charge in [0.25, 0.3) is 5.91 Å². The van der Waals surface area contributed by atoms with Gasteiger partial charge >= 0.3 is 6.36 Å². The lowest BCUT2D eigenvalue weighted by atomic mass is 9.44. The quantitative estimate of drug-likeness (QED) is 0.527. The number of fused-ring (bicyclic) bond motifs is 1. The Morgan fingerprint density at radius 3 is 2.47 bits per heavy atom. The summed E-state index contributed by atoms with van der Waals surface area (Å²) < 4.78 is 51.4. The Kier molecular flexibility index (Phi) is 5.74. The predicted octanol–water partition coefficient (Wildman–Crippen LogP) is 2.52. The summed E-state index contributed by atoms with van der Waals surface area (Å²) in [5.41, 5.74) is -0.252. The molecule has 2 atom stereocenters. The number of aliphatic hydroxyl groups is 1. The molecule has 1 aromatic carbocycles. The Balaban J connectivity index is 1.03. The third-order valence-electron chi connectivity index (χ3n) is 6.96. The Morgan fingerprint density at radius 1 is 1.12 bits per heavy atom. The van der Waals surface area contributed by atoms with E-state index in [0.717, 1.165) is 0 Å². The number of halogens is 4. The number of carbonyl (C=O) groups excluding carboxylic acids is 2. The Hall–Kier alpha value is -2.08. The molecule has 4 aliphatic carbocycles. The van der Waals surface area contributed by atoms with E-state index in [1.165, 1.54) is 0 Å². The fraction of sp³-hybridized carbons (Fsp3) is 0.636. The van der Waals surface area contributed by atoms with Gasteiger partial charge in [-0.2, -0.15) is 0 Å². The monoisotopic (exact) mass is 504 g/mol. The van der Waals surface area contributed by atoms with Gasteiger partial charge in [-0.25, -0.2) is 0 Å². The number of alkyl halides is 3. The summed E-state index contributed by atoms with van der Waals surface area (Å²) >= 11 is 5.95. The molecular formula is C22H24ClF3N2O6. The number of aliphatic hydroxyl groups excluding tert-OH is 1. The van der Waals surface area contributed by atoms with Crippen LogP contribution >= 0.6 is 11.6 Å². The number of benzene rings is 1. The van der Waals surface area contributed by atoms with Crippen molar-refractivity contribution < 1.29 is 42.1 Å². The van der Waals surface area contributed by atoms with Gasteiger partial charge in [0.05, 0.1) is 18.3 Å². The van der Waals surface area contributed by atoms with Crippen molar-refractivity contribution in [3.8, 4) is 5.75 Å². The van der Waals surface area contributed by atoms with Crippen LogP contribution in [0.15, 0.2) is 18.2 Å². The zero-order valence-electron chi connectivity index (χ0n) is 18.0. The maximum absolute atomic E-state index is 12.7. The minimum atomic E-state index is -4.66. The van der Waals surface area contributed by atoms with Crippen LogP contribution in [0.25, 0.3) is 0 Å². The standard InChI is InChI=1S/C22H24ClF3N2O6/c23-11-1-2-16-14(3-11)15(29)6-17(33-16)19(31)28-21-8-20(9-21,10-21)27-18(30)7-32-12-4-13(5-12)34-22(24,25)26/h1-3,12-13,15,17,29H,4-10H2,(H,27,30)(H,28,31)/t12-,13+,15?,17?,20?,21?. The van der Waals surface area contributed by atoms with Crippen molar-refractivity contribution in [2.24, 2.45) is 0 Å². The van der Waals surface area contributed by atoms with Gasteiger partial charge in [-0.1, -0.05) is 11.6 Å². The molecule has 4 fully saturated rings. The van der Waals surface area contributed by atoms with Crippen LogP contribution in [0.1, 0.15) is 50.2 Å². The number of carbonyl (C=O) groups is 2. The molecule has 4 saturated carbocycles. The minimum absolute atomic E-state index is 0.0997. The summed E-state index contributed by atoms with van der Waals surface area (Å²) in [5.74, 6) is -0.232. The Labute approximate surface area is 198 Å². The van der Waals surface area contributed by atoms with Gasteiger partial charge in [-0.15, -0.1) is 13.2 Å². The fourth-order valence-electron chi connectivity index (χ4n) is 5.44. The third kappa shape index (κ3) is 4.71. The maximum Gasteiger partial charge on any atom is 0.522 e. The molecule has 0 radical (unpaired) electrons. The number of amides is 2. The number of hydrogen-bond acceptors (Lipinski definition) is 6. The van der Waals surface area contributed by atoms with Crippen molar-refractivity contribution >= 4 is 23.4 Å². The molecular weight excluding hydrogens is 481 g/mol. The average Bonchev–Trinajstić information content (AvgIpc) is 2.66. The lowest BCUT2D eigenvalue weighted by Gasteiger charge is -2.70. The van der Waals surface area contributed by atoms with Crippen LogP contribution in [-0.4, -0.2) is 59.3 Å². The summed E-state index contributed by atoms with van der Waals surface area (Å²) in [6.07, 6.45) is -5.66. The van der Waals surface area contributed by atoms with Crippen molar-refractivity contribution in [2.45, 2.75) is 80.4 Å². The summed E-state index contributed by atoms with van der Waals surface area (Å²) in [7, 11) is 0. The molecule has 2 amide bonds. The first-order valence-electron chi connectivity index (χ1n) is 11.1. The van der Waals surface area contributed by atoms with Crippen LogP contribution in [0.5, 0.6) is 5.75 Å². The lowest BCUT2D eigenvalue weighted by Crippen LogP contribution is -2.84. The molecule has 0 saturated heterocycles. The van der Waals surface area contributed by atoms with E-state index in [1.54, 1.807) is 18.2 Å². The minimum Gasteiger partial charge on any atom is -0.480 e. The fourth-order valence-corrected chi connectivity index (χ4v) is 5.62. The summed E-state index contributed by atoms with van der Waals surface area (Å²) in [6, 6.07) is 4.87. The van der Waals surface area contributed by atoms with Gasteiger partial charge < -0.3 is 25.2 Å². The first-order valence-corrected chi connectivity index (χ1v) is 11.4. The zero-order chi connectivity index (χ0) is 24.3. The highest BCUT2D eigenvalue weighted by molar-refractivity contribution is 6.30. The van der Waals surface area contributed by atoms with Crippen molar-refractivity contribution in [2.75, 3.05) is 6.61 Å². The van der Waals surface area contributed by atoms with Crippen molar-refractivity contribution in [3.05, 3.63) is 28.8 Å². The highest BCUT2D eigenvalue weighted by Gasteiger charge is 2.69. The average molecular weight is 505 g/mol. The molecule has 12 heteroatoms. The molecule has 5 aliphatic rings. The van der Waals surface area contributed by atoms with Crippen molar-refractivity contribution in [3.63, 3.8) is 0 Å². The number of nitrogens with one attached hydrogen (secondary N) is 2. The van der Waals surface area contributed by atoms with Crippen molar-refractivity contribution in [1.29, 1.82) is 0 Å². The van der Waals surface area contributed by atoms with E-state index in [4.69, 9.17) is 21.1 Å². The molecule has 34 heavy (non-hydrogen) atoms. The zero-order valence-corrected chi connectivity index (χ0v) is 18.7. The molecule has 1 aliphatic heterocycles. The second-order valence-electron chi connectivity index (χ2n) is 9.76. The van der Waals surface area contributed by atoms with Crippen LogP contribution in [0, 0.1) is 0 Å². The van der Waals surface area contributed by atoms with Crippen LogP contribution in [0.3, 0.4) is 0 Å². The van der Waals surface area contributed by atoms with Crippen molar-refractivity contribution in [1.82, 2.24) is 10.6 Å². The smallest absolute Gasteiger partial charge is 0.480 e. The summed E-state index contributed by atoms with van der Waals surface area (Å²) in [5, 5.41) is 16.7. The summed E-state index contributed by atoms with van der Waals surface area (Å²) in [4.78, 5) is 24.9. The molecule has 6 rings (SSSR count). The van der Waals surface area contributed by atoms with Gasteiger partial charge in [0, 0.05) is 40.9 Å². The van der Waals surface area contributed by atoms with Crippen LogP contribution in [0.2, 0.25) is 5.02 Å². The van der Waals surface area contributed by atoms with E-state index in [1.807, 2.05) is 0 Å². The van der Waals surface area contributed by atoms with Gasteiger partial charge in [-0.05, 0) is 37.5 Å². The summed E-state index contributed by atoms with van der Waals surface area (Å²) in [6.45, 7) is -0.234. The van der Waals surface area contributed by atoms with Crippen LogP contribution < -0.4 is 15.4 Å². The second-order valence-corrected chi connectivity index (χ2v) is 10.2. The molecule has 186 valence electrons. The van der Waals surface area contributed by atoms with E-state index in [2.05, 4.69) is 15.4 Å². The van der Waals surface area contributed by atoms with Crippen LogP contribution in [-0.2, 0) is 19.1 Å². The van der Waals surface area contributed by atoms with Gasteiger partial charge in [0.1, 0.15) is 12.4 Å². The number of hydrogen-bond donors (Lipinski definition) is 3. The van der Waals surface area contributed by atoms with E-state index < -0.39 is 41.9 Å². The highest BCUT2D eigenvalue weighted by atomic mass is 35.5. The maximum atomic E-state index is 12.7. The molecule has 1 heterocycles. The van der Waals surface area contributed by atoms with Crippen LogP contribution in [0.4, 0.5) is 13.2 Å². The molecule has 2 bridgehead atoms. The Bertz CT molecular complexity index is 980. The highest BCUT2D eigenvalue weighted by Crippen LogP contribution is 2.60. The largest absolute Gasteiger partial charge is 0.522 e. The molecule has 0 aromatic heterocycles. The first kappa shape index (κ1) is 23.7. The normalized spacial score (nSPS) is 35.6. The number of rotatable bonds is 7. The molecule has 0 spiro atoms. The van der Waals surface area contributed by atoms with Gasteiger partial charge in [0.15, 0.2) is 6.10 Å². The molecule has 1 aromatic rings. The predicted molar refractivity (Wildman–Crippen MR) is 111 cm³/mol. The van der Waals surface area contributed by atoms with E-state index in [-0.39, 0.29) is 37.7 Å². The van der Waals surface area contributed by atoms with E-state index in [9.17, 15) is 27.9 Å².